The monoisotopic (exact) mass is 403 g/mol. The average molecular weight is 404 g/mol. The lowest BCUT2D eigenvalue weighted by atomic mass is 10.3. The summed E-state index contributed by atoms with van der Waals surface area (Å²) in [4.78, 5) is 0.181. The minimum atomic E-state index is -3.70. The van der Waals surface area contributed by atoms with Crippen LogP contribution in [0.15, 0.2) is 88.2 Å². The van der Waals surface area contributed by atoms with Crippen molar-refractivity contribution in [3.63, 3.8) is 0 Å². The number of ether oxygens (including phenoxy) is 1. The lowest BCUT2D eigenvalue weighted by Gasteiger charge is -2.13. The largest absolute Gasteiger partial charge is 0.455 e. The van der Waals surface area contributed by atoms with Gasteiger partial charge in [-0.1, -0.05) is 46.3 Å². The highest BCUT2D eigenvalue weighted by Crippen LogP contribution is 2.31. The SMILES string of the molecule is O=S(=O)(Nc1ccccc1Oc1ccccc1)c1ccc(Br)cc1. The van der Waals surface area contributed by atoms with E-state index in [4.69, 9.17) is 4.74 Å². The number of para-hydroxylation sites is 3. The lowest BCUT2D eigenvalue weighted by molar-refractivity contribution is 0.485. The highest BCUT2D eigenvalue weighted by Gasteiger charge is 2.16. The van der Waals surface area contributed by atoms with Crippen LogP contribution in [0, 0.1) is 0 Å². The molecule has 0 spiro atoms. The zero-order valence-electron chi connectivity index (χ0n) is 12.5. The Hall–Kier alpha value is -2.31. The van der Waals surface area contributed by atoms with Gasteiger partial charge in [0.2, 0.25) is 0 Å². The molecule has 4 nitrogen and oxygen atoms in total. The molecule has 24 heavy (non-hydrogen) atoms. The van der Waals surface area contributed by atoms with Gasteiger partial charge < -0.3 is 4.74 Å². The fourth-order valence-corrected chi connectivity index (χ4v) is 3.41. The topological polar surface area (TPSA) is 55.4 Å². The third kappa shape index (κ3) is 3.96. The van der Waals surface area contributed by atoms with Crippen molar-refractivity contribution in [2.45, 2.75) is 4.90 Å². The quantitative estimate of drug-likeness (QED) is 0.648. The first kappa shape index (κ1) is 16.5. The van der Waals surface area contributed by atoms with E-state index in [2.05, 4.69) is 20.7 Å². The molecule has 0 saturated heterocycles. The maximum Gasteiger partial charge on any atom is 0.262 e. The van der Waals surface area contributed by atoms with E-state index < -0.39 is 10.0 Å². The summed E-state index contributed by atoms with van der Waals surface area (Å²) in [5.74, 6) is 1.07. The second-order valence-corrected chi connectivity index (χ2v) is 7.57. The predicted molar refractivity (Wildman–Crippen MR) is 97.9 cm³/mol. The molecule has 0 unspecified atom stereocenters. The summed E-state index contributed by atoms with van der Waals surface area (Å²) in [7, 11) is -3.70. The first-order valence-corrected chi connectivity index (χ1v) is 9.42. The Morgan fingerprint density at radius 1 is 0.792 bits per heavy atom. The van der Waals surface area contributed by atoms with E-state index in [0.29, 0.717) is 17.2 Å². The Kier molecular flexibility index (Phi) is 4.87. The van der Waals surface area contributed by atoms with Crippen LogP contribution in [0.2, 0.25) is 0 Å². The van der Waals surface area contributed by atoms with E-state index in [0.717, 1.165) is 4.47 Å². The van der Waals surface area contributed by atoms with Crippen molar-refractivity contribution in [3.05, 3.63) is 83.3 Å². The number of sulfonamides is 1. The van der Waals surface area contributed by atoms with Gasteiger partial charge >= 0.3 is 0 Å². The summed E-state index contributed by atoms with van der Waals surface area (Å²) in [6, 6.07) is 22.5. The van der Waals surface area contributed by atoms with Crippen LogP contribution in [0.5, 0.6) is 11.5 Å². The smallest absolute Gasteiger partial charge is 0.262 e. The van der Waals surface area contributed by atoms with Crippen molar-refractivity contribution in [3.8, 4) is 11.5 Å². The highest BCUT2D eigenvalue weighted by molar-refractivity contribution is 9.10. The molecule has 0 aliphatic heterocycles. The number of hydrogen-bond donors (Lipinski definition) is 1. The standard InChI is InChI=1S/C18H14BrNO3S/c19-14-10-12-16(13-11-14)24(21,22)20-17-8-4-5-9-18(17)23-15-6-2-1-3-7-15/h1-13,20H. The Labute approximate surface area is 149 Å². The van der Waals surface area contributed by atoms with E-state index in [1.807, 2.05) is 18.2 Å². The number of anilines is 1. The molecule has 0 amide bonds. The van der Waals surface area contributed by atoms with Crippen molar-refractivity contribution in [1.82, 2.24) is 0 Å². The van der Waals surface area contributed by atoms with Crippen molar-refractivity contribution >= 4 is 31.6 Å². The Morgan fingerprint density at radius 2 is 1.42 bits per heavy atom. The van der Waals surface area contributed by atoms with Gasteiger partial charge in [-0.25, -0.2) is 8.42 Å². The zero-order chi connectivity index (χ0) is 17.0. The van der Waals surface area contributed by atoms with Crippen molar-refractivity contribution in [1.29, 1.82) is 0 Å². The second kappa shape index (κ2) is 7.07. The van der Waals surface area contributed by atoms with Crippen molar-refractivity contribution < 1.29 is 13.2 Å². The molecular weight excluding hydrogens is 390 g/mol. The molecule has 3 rings (SSSR count). The van der Waals surface area contributed by atoms with E-state index in [1.54, 1.807) is 48.5 Å². The Balaban J connectivity index is 1.89. The third-order valence-electron chi connectivity index (χ3n) is 3.23. The molecular formula is C18H14BrNO3S. The van der Waals surface area contributed by atoms with Gasteiger partial charge in [-0.2, -0.15) is 0 Å². The molecule has 6 heteroatoms. The molecule has 1 N–H and O–H groups in total. The van der Waals surface area contributed by atoms with Gasteiger partial charge in [0.05, 0.1) is 10.6 Å². The van der Waals surface area contributed by atoms with Gasteiger partial charge in [-0.05, 0) is 48.5 Å². The third-order valence-corrected chi connectivity index (χ3v) is 5.14. The summed E-state index contributed by atoms with van der Waals surface area (Å²) in [5, 5.41) is 0. The molecule has 0 heterocycles. The molecule has 0 bridgehead atoms. The summed E-state index contributed by atoms with van der Waals surface area (Å²) in [6.07, 6.45) is 0. The van der Waals surface area contributed by atoms with Gasteiger partial charge in [0, 0.05) is 4.47 Å². The predicted octanol–water partition coefficient (Wildman–Crippen LogP) is 5.04. The van der Waals surface area contributed by atoms with Crippen LogP contribution in [0.1, 0.15) is 0 Å². The molecule has 0 aromatic heterocycles. The second-order valence-electron chi connectivity index (χ2n) is 4.97. The highest BCUT2D eigenvalue weighted by atomic mass is 79.9. The number of nitrogens with one attached hydrogen (secondary N) is 1. The molecule has 0 aliphatic carbocycles. The molecule has 3 aromatic rings. The van der Waals surface area contributed by atoms with Gasteiger partial charge in [0.1, 0.15) is 5.75 Å². The fraction of sp³-hybridized carbons (Fsp3) is 0. The van der Waals surface area contributed by atoms with E-state index in [1.165, 1.54) is 12.1 Å². The molecule has 3 aromatic carbocycles. The fourth-order valence-electron chi connectivity index (χ4n) is 2.07. The molecule has 0 radical (unpaired) electrons. The van der Waals surface area contributed by atoms with Crippen LogP contribution >= 0.6 is 15.9 Å². The van der Waals surface area contributed by atoms with E-state index >= 15 is 0 Å². The summed E-state index contributed by atoms with van der Waals surface area (Å²) in [5.41, 5.74) is 0.379. The maximum atomic E-state index is 12.5. The van der Waals surface area contributed by atoms with Crippen LogP contribution in [0.25, 0.3) is 0 Å². The van der Waals surface area contributed by atoms with Crippen molar-refractivity contribution in [2.24, 2.45) is 0 Å². The summed E-state index contributed by atoms with van der Waals surface area (Å²) in [6.45, 7) is 0. The first-order chi connectivity index (χ1) is 11.5. The summed E-state index contributed by atoms with van der Waals surface area (Å²) < 4.78 is 34.2. The van der Waals surface area contributed by atoms with Gasteiger partial charge in [-0.15, -0.1) is 0 Å². The van der Waals surface area contributed by atoms with Crippen LogP contribution in [-0.2, 0) is 10.0 Å². The van der Waals surface area contributed by atoms with Crippen LogP contribution in [0.4, 0.5) is 5.69 Å². The number of rotatable bonds is 5. The minimum absolute atomic E-state index is 0.181. The van der Waals surface area contributed by atoms with Gasteiger partial charge in [0.25, 0.3) is 10.0 Å². The van der Waals surface area contributed by atoms with Crippen LogP contribution in [-0.4, -0.2) is 8.42 Å². The lowest BCUT2D eigenvalue weighted by Crippen LogP contribution is -2.13. The number of benzene rings is 3. The Bertz CT molecular complexity index is 926. The number of halogens is 1. The zero-order valence-corrected chi connectivity index (χ0v) is 14.9. The molecule has 0 aliphatic rings. The van der Waals surface area contributed by atoms with Crippen molar-refractivity contribution in [2.75, 3.05) is 4.72 Å². The average Bonchev–Trinajstić information content (AvgIpc) is 2.58. The molecule has 0 atom stereocenters. The van der Waals surface area contributed by atoms with Gasteiger partial charge in [-0.3, -0.25) is 4.72 Å². The van der Waals surface area contributed by atoms with E-state index in [-0.39, 0.29) is 4.90 Å². The summed E-state index contributed by atoms with van der Waals surface area (Å²) >= 11 is 3.29. The first-order valence-electron chi connectivity index (χ1n) is 7.15. The molecule has 122 valence electrons. The molecule has 0 saturated carbocycles. The Morgan fingerprint density at radius 3 is 2.12 bits per heavy atom. The molecule has 0 fully saturated rings. The number of hydrogen-bond acceptors (Lipinski definition) is 3. The van der Waals surface area contributed by atoms with E-state index in [9.17, 15) is 8.42 Å². The maximum absolute atomic E-state index is 12.5. The normalized spacial score (nSPS) is 11.0. The van der Waals surface area contributed by atoms with Crippen LogP contribution in [0.3, 0.4) is 0 Å². The minimum Gasteiger partial charge on any atom is -0.455 e. The van der Waals surface area contributed by atoms with Crippen LogP contribution < -0.4 is 9.46 Å². The van der Waals surface area contributed by atoms with Gasteiger partial charge in [0.15, 0.2) is 5.75 Å².